The van der Waals surface area contributed by atoms with E-state index in [4.69, 9.17) is 0 Å². The maximum atomic E-state index is 11.5. The molecule has 0 bridgehead atoms. The zero-order valence-corrected chi connectivity index (χ0v) is 10.2. The lowest BCUT2D eigenvalue weighted by Crippen LogP contribution is -2.40. The zero-order chi connectivity index (χ0) is 11.4. The van der Waals surface area contributed by atoms with Crippen molar-refractivity contribution in [2.75, 3.05) is 5.32 Å². The molecule has 84 valence electrons. The first kappa shape index (κ1) is 11.9. The lowest BCUT2D eigenvalue weighted by Gasteiger charge is -2.14. The largest absolute Gasteiger partial charge is 0.352 e. The SMILES string of the molecule is Cc1nsc(N[C@H](C)C(=O)NC(C)C)n1. The first-order valence-electron chi connectivity index (χ1n) is 4.86. The number of hydrogen-bond acceptors (Lipinski definition) is 5. The standard InChI is InChI=1S/C9H16N4OS/c1-5(2)10-8(14)6(3)11-9-12-7(4)13-15-9/h5-6H,1-4H3,(H,10,14)(H,11,12,13)/t6-/m1/s1. The summed E-state index contributed by atoms with van der Waals surface area (Å²) in [5, 5.41) is 6.50. The van der Waals surface area contributed by atoms with E-state index >= 15 is 0 Å². The van der Waals surface area contributed by atoms with Gasteiger partial charge in [-0.2, -0.15) is 4.37 Å². The van der Waals surface area contributed by atoms with Gasteiger partial charge in [-0.1, -0.05) is 0 Å². The van der Waals surface area contributed by atoms with Crippen LogP contribution in [0.2, 0.25) is 0 Å². The summed E-state index contributed by atoms with van der Waals surface area (Å²) in [6, 6.07) is -0.141. The Balaban J connectivity index is 2.48. The predicted molar refractivity (Wildman–Crippen MR) is 61.0 cm³/mol. The summed E-state index contributed by atoms with van der Waals surface area (Å²) in [6.07, 6.45) is 0. The maximum absolute atomic E-state index is 11.5. The van der Waals surface area contributed by atoms with E-state index in [2.05, 4.69) is 20.0 Å². The quantitative estimate of drug-likeness (QED) is 0.812. The van der Waals surface area contributed by atoms with Crippen LogP contribution < -0.4 is 10.6 Å². The third-order valence-corrected chi connectivity index (χ3v) is 2.43. The Morgan fingerprint density at radius 1 is 1.40 bits per heavy atom. The van der Waals surface area contributed by atoms with E-state index in [9.17, 15) is 4.79 Å². The summed E-state index contributed by atoms with van der Waals surface area (Å²) < 4.78 is 4.03. The van der Waals surface area contributed by atoms with Crippen molar-refractivity contribution in [2.45, 2.75) is 39.8 Å². The number of carbonyl (C=O) groups excluding carboxylic acids is 1. The van der Waals surface area contributed by atoms with Crippen LogP contribution >= 0.6 is 11.5 Å². The van der Waals surface area contributed by atoms with Gasteiger partial charge in [-0.15, -0.1) is 0 Å². The molecular weight excluding hydrogens is 212 g/mol. The van der Waals surface area contributed by atoms with Crippen LogP contribution in [0.5, 0.6) is 0 Å². The topological polar surface area (TPSA) is 66.9 Å². The Bertz CT molecular complexity index is 337. The van der Waals surface area contributed by atoms with Gasteiger partial charge in [0.25, 0.3) is 0 Å². The minimum Gasteiger partial charge on any atom is -0.352 e. The highest BCUT2D eigenvalue weighted by Gasteiger charge is 2.14. The fourth-order valence-electron chi connectivity index (χ4n) is 1.02. The minimum absolute atomic E-state index is 0.0298. The summed E-state index contributed by atoms with van der Waals surface area (Å²) in [5.41, 5.74) is 0. The highest BCUT2D eigenvalue weighted by atomic mass is 32.1. The van der Waals surface area contributed by atoms with E-state index < -0.39 is 0 Å². The number of nitrogens with one attached hydrogen (secondary N) is 2. The molecular formula is C9H16N4OS. The Hall–Kier alpha value is -1.17. The molecule has 2 N–H and O–H groups in total. The molecule has 1 amide bonds. The number of anilines is 1. The van der Waals surface area contributed by atoms with Gasteiger partial charge in [0.15, 0.2) is 0 Å². The Labute approximate surface area is 93.5 Å². The first-order valence-corrected chi connectivity index (χ1v) is 5.63. The van der Waals surface area contributed by atoms with Gasteiger partial charge in [0, 0.05) is 17.6 Å². The molecule has 0 aliphatic carbocycles. The van der Waals surface area contributed by atoms with Crippen molar-refractivity contribution < 1.29 is 4.79 Å². The van der Waals surface area contributed by atoms with Gasteiger partial charge in [-0.25, -0.2) is 4.98 Å². The lowest BCUT2D eigenvalue weighted by atomic mass is 10.3. The van der Waals surface area contributed by atoms with Crippen molar-refractivity contribution in [1.82, 2.24) is 14.7 Å². The summed E-state index contributed by atoms with van der Waals surface area (Å²) in [4.78, 5) is 15.7. The van der Waals surface area contributed by atoms with Gasteiger partial charge in [-0.3, -0.25) is 4.79 Å². The second kappa shape index (κ2) is 5.06. The molecule has 0 aliphatic rings. The van der Waals surface area contributed by atoms with Crippen LogP contribution in [0.25, 0.3) is 0 Å². The second-order valence-corrected chi connectivity index (χ2v) is 4.43. The third kappa shape index (κ3) is 3.83. The average molecular weight is 228 g/mol. The molecule has 0 aromatic carbocycles. The van der Waals surface area contributed by atoms with Gasteiger partial charge >= 0.3 is 0 Å². The molecule has 0 saturated heterocycles. The molecule has 0 fully saturated rings. The summed E-state index contributed by atoms with van der Waals surface area (Å²) in [5.74, 6) is 0.692. The molecule has 0 spiro atoms. The Kier molecular flexibility index (Phi) is 4.02. The van der Waals surface area contributed by atoms with E-state index in [1.807, 2.05) is 20.8 Å². The minimum atomic E-state index is -0.292. The van der Waals surface area contributed by atoms with Gasteiger partial charge in [0.2, 0.25) is 11.0 Å². The third-order valence-electron chi connectivity index (χ3n) is 1.69. The Morgan fingerprint density at radius 3 is 2.53 bits per heavy atom. The number of nitrogens with zero attached hydrogens (tertiary/aromatic N) is 2. The van der Waals surface area contributed by atoms with Gasteiger partial charge in [-0.05, 0) is 27.7 Å². The average Bonchev–Trinajstić information content (AvgIpc) is 2.50. The van der Waals surface area contributed by atoms with Crippen LogP contribution in [0.1, 0.15) is 26.6 Å². The van der Waals surface area contributed by atoms with Crippen LogP contribution in [0, 0.1) is 6.92 Å². The van der Waals surface area contributed by atoms with E-state index in [1.54, 1.807) is 6.92 Å². The molecule has 1 aromatic rings. The van der Waals surface area contributed by atoms with Crippen LogP contribution in [0.4, 0.5) is 5.13 Å². The molecule has 0 saturated carbocycles. The fourth-order valence-corrected chi connectivity index (χ4v) is 1.68. The van der Waals surface area contributed by atoms with Crippen molar-refractivity contribution in [2.24, 2.45) is 0 Å². The smallest absolute Gasteiger partial charge is 0.242 e. The van der Waals surface area contributed by atoms with Crippen molar-refractivity contribution in [1.29, 1.82) is 0 Å². The monoisotopic (exact) mass is 228 g/mol. The number of amides is 1. The summed E-state index contributed by atoms with van der Waals surface area (Å²) in [7, 11) is 0. The summed E-state index contributed by atoms with van der Waals surface area (Å²) >= 11 is 1.26. The number of rotatable bonds is 4. The molecule has 0 unspecified atom stereocenters. The number of aryl methyl sites for hydroxylation is 1. The lowest BCUT2D eigenvalue weighted by molar-refractivity contribution is -0.122. The van der Waals surface area contributed by atoms with E-state index in [0.29, 0.717) is 5.13 Å². The van der Waals surface area contributed by atoms with E-state index in [1.165, 1.54) is 11.5 Å². The van der Waals surface area contributed by atoms with Crippen molar-refractivity contribution in [3.63, 3.8) is 0 Å². The number of carbonyl (C=O) groups is 1. The Morgan fingerprint density at radius 2 is 2.07 bits per heavy atom. The zero-order valence-electron chi connectivity index (χ0n) is 9.37. The predicted octanol–water partition coefficient (Wildman–Crippen LogP) is 1.17. The number of hydrogen-bond donors (Lipinski definition) is 2. The molecule has 0 aliphatic heterocycles. The maximum Gasteiger partial charge on any atom is 0.242 e. The van der Waals surface area contributed by atoms with Crippen molar-refractivity contribution >= 4 is 22.6 Å². The summed E-state index contributed by atoms with van der Waals surface area (Å²) in [6.45, 7) is 7.48. The molecule has 15 heavy (non-hydrogen) atoms. The van der Waals surface area contributed by atoms with Crippen molar-refractivity contribution in [3.05, 3.63) is 5.82 Å². The first-order chi connectivity index (χ1) is 6.99. The molecule has 1 atom stereocenters. The van der Waals surface area contributed by atoms with Crippen LogP contribution in [-0.4, -0.2) is 27.3 Å². The molecule has 5 nitrogen and oxygen atoms in total. The normalized spacial score (nSPS) is 12.6. The van der Waals surface area contributed by atoms with Crippen LogP contribution in [0.3, 0.4) is 0 Å². The molecule has 1 rings (SSSR count). The van der Waals surface area contributed by atoms with E-state index in [-0.39, 0.29) is 18.0 Å². The molecule has 6 heteroatoms. The van der Waals surface area contributed by atoms with E-state index in [0.717, 1.165) is 5.82 Å². The molecule has 1 aromatic heterocycles. The molecule has 1 heterocycles. The van der Waals surface area contributed by atoms with Crippen LogP contribution in [0.15, 0.2) is 0 Å². The van der Waals surface area contributed by atoms with Gasteiger partial charge in [0.1, 0.15) is 11.9 Å². The highest BCUT2D eigenvalue weighted by molar-refractivity contribution is 7.09. The fraction of sp³-hybridized carbons (Fsp3) is 0.667. The van der Waals surface area contributed by atoms with Crippen LogP contribution in [-0.2, 0) is 4.79 Å². The van der Waals surface area contributed by atoms with Gasteiger partial charge < -0.3 is 10.6 Å². The van der Waals surface area contributed by atoms with Gasteiger partial charge in [0.05, 0.1) is 0 Å². The van der Waals surface area contributed by atoms with Crippen molar-refractivity contribution in [3.8, 4) is 0 Å². The number of aromatic nitrogens is 2. The second-order valence-electron chi connectivity index (χ2n) is 3.68. The molecule has 0 radical (unpaired) electrons. The highest BCUT2D eigenvalue weighted by Crippen LogP contribution is 2.11.